The van der Waals surface area contributed by atoms with Gasteiger partial charge in [-0.05, 0) is 316 Å². The molecule has 21 heteroatoms. The number of aliphatic hydroxyl groups is 3. The molecule has 0 amide bonds. The molecule has 628 valence electrons. The van der Waals surface area contributed by atoms with Crippen LogP contribution in [0.4, 0.5) is 0 Å². The molecule has 12 aliphatic rings. The van der Waals surface area contributed by atoms with Crippen LogP contribution in [-0.4, -0.2) is 132 Å². The monoisotopic (exact) mass is 1700 g/mol. The molecule has 18 nitrogen and oxygen atoms in total. The third kappa shape index (κ3) is 18.7. The van der Waals surface area contributed by atoms with Gasteiger partial charge in [-0.1, -0.05) is 114 Å². The number of alkyl halides is 1. The Balaban J connectivity index is 0.000000197. The number of ether oxygens (including phenoxy) is 3. The van der Waals surface area contributed by atoms with Gasteiger partial charge in [-0.3, -0.25) is 33.6 Å². The van der Waals surface area contributed by atoms with Crippen molar-refractivity contribution in [3.8, 4) is 0 Å². The van der Waals surface area contributed by atoms with Crippen molar-refractivity contribution in [3.05, 3.63) is 91.4 Å². The molecule has 3 aromatic carbocycles. The maximum Gasteiger partial charge on any atom is 1.00 e. The summed E-state index contributed by atoms with van der Waals surface area (Å²) in [6.07, 6.45) is 35.7. The van der Waals surface area contributed by atoms with E-state index in [4.69, 9.17) is 24.3 Å². The second kappa shape index (κ2) is 39.5. The molecule has 0 spiro atoms. The summed E-state index contributed by atoms with van der Waals surface area (Å²) in [4.78, 5) is 51.3. The van der Waals surface area contributed by atoms with E-state index in [2.05, 4.69) is 80.2 Å². The van der Waals surface area contributed by atoms with E-state index in [0.717, 1.165) is 148 Å². The summed E-state index contributed by atoms with van der Waals surface area (Å²) in [6.45, 7) is 16.5. The van der Waals surface area contributed by atoms with Crippen LogP contribution >= 0.6 is 15.9 Å². The third-order valence-corrected chi connectivity index (χ3v) is 34.1. The van der Waals surface area contributed by atoms with Gasteiger partial charge in [0.2, 0.25) is 0 Å². The number of aromatic nitrogens is 6. The van der Waals surface area contributed by atoms with Crippen LogP contribution in [-0.2, 0) is 51.4 Å². The second-order valence-corrected chi connectivity index (χ2v) is 39.6. The summed E-state index contributed by atoms with van der Waals surface area (Å²) in [5.74, 6) is 9.52. The maximum atomic E-state index is 13.7. The Labute approximate surface area is 782 Å². The molecule has 3 aromatic heterocycles. The number of rotatable bonds is 15. The summed E-state index contributed by atoms with van der Waals surface area (Å²) in [5, 5.41) is 60.7. The van der Waals surface area contributed by atoms with Crippen LogP contribution in [0, 0.1) is 121 Å². The van der Waals surface area contributed by atoms with E-state index in [-0.39, 0.29) is 183 Å². The molecule has 0 aliphatic heterocycles. The van der Waals surface area contributed by atoms with Crippen molar-refractivity contribution in [1.82, 2.24) is 29.8 Å². The zero-order chi connectivity index (χ0) is 77.8. The summed E-state index contributed by atoms with van der Waals surface area (Å²) in [7, 11) is 5.58. The van der Waals surface area contributed by atoms with E-state index in [1.165, 1.54) is 83.5 Å². The van der Waals surface area contributed by atoms with Gasteiger partial charge in [-0.15, -0.1) is 0 Å². The second-order valence-electron chi connectivity index (χ2n) is 39.0. The van der Waals surface area contributed by atoms with E-state index in [1.54, 1.807) is 0 Å². The van der Waals surface area contributed by atoms with Crippen molar-refractivity contribution in [2.24, 2.45) is 121 Å². The zero-order valence-corrected chi connectivity index (χ0v) is 77.2. The third-order valence-electron chi connectivity index (χ3n) is 33.5. The summed E-state index contributed by atoms with van der Waals surface area (Å²) >= 11 is 3.43. The average Bonchev–Trinajstić information content (AvgIpc) is 1.32. The first-order valence-corrected chi connectivity index (χ1v) is 43.5. The molecule has 3 heterocycles. The van der Waals surface area contributed by atoms with Gasteiger partial charge in [0.25, 0.3) is 6.47 Å². The standard InChI is InChI=1S/2C30H42N2O3.C23H37BrO3.C7H6N2.CH2O3.3CH4.2K.H/c1-28(34)14-15-30(19-35-3)21(16-28)8-9-22-23-10-11-25(29(23,2)13-12-24(22)30)27(33)18-32-17-20-6-4-5-7-26(20)31-32;1-28(34)14-15-30(19-35-3)21(16-28)8-9-22-23-10-11-25(29(23,2)13-12-24(22)30)27(33)18-32-26-7-5-4-6-20(26)17-31-32;1-21(26)10-11-23(14-27-3)15(12-21)4-5-16-17-6-7-19(20(25)13-24)22(17,2)9-8-18(16)23;1-2-4-7-6(3-1)5-8-9-7;2-1-4-3;;;;;;/h2*4-7,17,21-25,34H,8-16,18-19H2,1-3H3;15-19,26H,4-14H2,1-3H3;1-5H,(H,8,9);1,3H;3*1H4;;;/q;;;;;;;;2*+1;-1/p-1/t2*21-,22+,23+,24+,25-,28-,29+,30-;15-,16+,17+,18+,19-,21-,22+,23-;;;;;;;;/m111......../s1. The Hall–Kier alpha value is -1.98. The number of benzene rings is 3. The number of halogens is 1. The Kier molecular flexibility index (Phi) is 33.2. The maximum absolute atomic E-state index is 13.7. The molecule has 12 fully saturated rings. The van der Waals surface area contributed by atoms with E-state index >= 15 is 0 Å². The molecule has 12 saturated carbocycles. The first-order chi connectivity index (χ1) is 52.7. The molecule has 0 unspecified atom stereocenters. The molecule has 18 rings (SSSR count). The fourth-order valence-electron chi connectivity index (χ4n) is 28.7. The number of hydrogen-bond acceptors (Lipinski definition) is 15. The van der Waals surface area contributed by atoms with E-state index in [0.29, 0.717) is 101 Å². The van der Waals surface area contributed by atoms with E-state index in [1.807, 2.05) is 125 Å². The minimum absolute atomic E-state index is 0. The van der Waals surface area contributed by atoms with Crippen LogP contribution in [0.1, 0.15) is 239 Å². The Morgan fingerprint density at radius 1 is 0.504 bits per heavy atom. The van der Waals surface area contributed by atoms with Crippen LogP contribution in [0.15, 0.2) is 91.4 Å². The number of fused-ring (bicyclic) bond motifs is 18. The predicted molar refractivity (Wildman–Crippen MR) is 449 cm³/mol. The van der Waals surface area contributed by atoms with Gasteiger partial charge < -0.3 is 41.1 Å². The summed E-state index contributed by atoms with van der Waals surface area (Å²) in [6, 6.07) is 24.3. The number of aromatic amines is 1. The topological polar surface area (TPSA) is 253 Å². The first kappa shape index (κ1) is 96.8. The number of hydrogen-bond donors (Lipinski definition) is 4. The summed E-state index contributed by atoms with van der Waals surface area (Å²) in [5.41, 5.74) is 2.62. The number of carbonyl (C=O) groups is 4. The van der Waals surface area contributed by atoms with Gasteiger partial charge in [0, 0.05) is 61.4 Å². The molecule has 4 N–H and O–H groups in total. The number of Topliss-reactive ketones (excluding diaryl/α,β-unsaturated/α-hetero) is 3. The van der Waals surface area contributed by atoms with Gasteiger partial charge in [-0.2, -0.15) is 15.3 Å². The average molecular weight is 1710 g/mol. The molecular weight excluding hydrogens is 1560 g/mol. The van der Waals surface area contributed by atoms with Crippen LogP contribution in [0.3, 0.4) is 0 Å². The molecular formula is C94H141BrK2N6O12. The molecule has 0 radical (unpaired) electrons. The SMILES string of the molecule is C.C.C.COC[C@]12CC[C@@](C)(O)C[C@H]1CC[C@H]1[C@@H]3CC[C@H](C(=O)CBr)[C@@]3(C)CC[C@@H]12.COC[C@]12CC[C@@](C)(O)C[C@H]1CC[C@H]1[C@@H]3CC[C@H](C(=O)Cn4cc5ccccc5n4)[C@@]3(C)CC[C@@H]12.COC[C@]12CC[C@@](C)(O)C[C@H]1CC[C@H]1[C@@H]3CC[C@H](C(=O)Cn4ncc5ccccc54)[C@@]3(C)CC[C@@H]12.O=CO[O-].[H-].[K+].[K+].c1ccc2[nH]ncc2c1. The van der Waals surface area contributed by atoms with Crippen molar-refractivity contribution in [2.45, 2.75) is 267 Å². The molecule has 0 bridgehead atoms. The van der Waals surface area contributed by atoms with Gasteiger partial charge in [-0.25, -0.2) is 0 Å². The molecule has 0 saturated heterocycles. The molecule has 115 heavy (non-hydrogen) atoms. The Morgan fingerprint density at radius 2 is 0.896 bits per heavy atom. The van der Waals surface area contributed by atoms with Crippen molar-refractivity contribution >= 4 is 72.5 Å². The van der Waals surface area contributed by atoms with Crippen molar-refractivity contribution in [1.29, 1.82) is 0 Å². The number of carbonyl (C=O) groups excluding carboxylic acids is 4. The van der Waals surface area contributed by atoms with Crippen LogP contribution in [0.2, 0.25) is 0 Å². The number of nitrogens with one attached hydrogen (secondary N) is 1. The largest absolute Gasteiger partial charge is 1.00 e. The van der Waals surface area contributed by atoms with Gasteiger partial charge >= 0.3 is 103 Å². The van der Waals surface area contributed by atoms with Crippen LogP contribution < -0.4 is 108 Å². The number of H-pyrrole nitrogens is 1. The van der Waals surface area contributed by atoms with Crippen LogP contribution in [0.5, 0.6) is 0 Å². The van der Waals surface area contributed by atoms with Crippen LogP contribution in [0.25, 0.3) is 32.7 Å². The quantitative estimate of drug-likeness (QED) is 0.0245. The van der Waals surface area contributed by atoms with E-state index in [9.17, 15) is 29.7 Å². The Morgan fingerprint density at radius 3 is 1.30 bits per heavy atom. The van der Waals surface area contributed by atoms with Gasteiger partial charge in [0.05, 0.1) is 77.4 Å². The zero-order valence-electron chi connectivity index (χ0n) is 70.4. The van der Waals surface area contributed by atoms with E-state index < -0.39 is 16.8 Å². The number of para-hydroxylation sites is 2. The smallest absolute Gasteiger partial charge is 1.00 e. The molecule has 12 aliphatic carbocycles. The minimum Gasteiger partial charge on any atom is -1.00 e. The minimum atomic E-state index is -0.528. The number of ketones is 3. The van der Waals surface area contributed by atoms with Crippen molar-refractivity contribution in [2.75, 3.05) is 46.5 Å². The van der Waals surface area contributed by atoms with Gasteiger partial charge in [0.1, 0.15) is 12.3 Å². The first-order valence-electron chi connectivity index (χ1n) is 42.4. The predicted octanol–water partition coefficient (Wildman–Crippen LogP) is 12.3. The van der Waals surface area contributed by atoms with Gasteiger partial charge in [0.15, 0.2) is 11.6 Å². The normalized spacial score (nSPS) is 39.3. The molecule has 6 aromatic rings. The Bertz CT molecular complexity index is 4140. The molecule has 24 atom stereocenters. The number of methoxy groups -OCH3 is 3. The number of nitrogens with zero attached hydrogens (tertiary/aromatic N) is 5. The fourth-order valence-corrected chi connectivity index (χ4v) is 29.1. The van der Waals surface area contributed by atoms with Crippen molar-refractivity contribution in [3.63, 3.8) is 0 Å². The van der Waals surface area contributed by atoms with Crippen molar-refractivity contribution < 1.29 is 163 Å². The fraction of sp³-hybridized carbons (Fsp3) is 0.734. The summed E-state index contributed by atoms with van der Waals surface area (Å²) < 4.78 is 21.4.